The lowest BCUT2D eigenvalue weighted by molar-refractivity contribution is 0.614. The Labute approximate surface area is 122 Å². The van der Waals surface area contributed by atoms with Crippen LogP contribution in [0.25, 0.3) is 10.9 Å². The van der Waals surface area contributed by atoms with Crippen molar-refractivity contribution in [3.05, 3.63) is 58.7 Å². The van der Waals surface area contributed by atoms with E-state index < -0.39 is 0 Å². The molecule has 3 aromatic rings. The zero-order valence-electron chi connectivity index (χ0n) is 11.4. The summed E-state index contributed by atoms with van der Waals surface area (Å²) in [4.78, 5) is 8.84. The molecule has 0 fully saturated rings. The van der Waals surface area contributed by atoms with E-state index in [0.717, 1.165) is 18.6 Å². The minimum Gasteiger partial charge on any atom is -0.312 e. The predicted octanol–water partition coefficient (Wildman–Crippen LogP) is 3.58. The minimum absolute atomic E-state index is 0.443. The number of hydrogen-bond acceptors (Lipinski definition) is 4. The summed E-state index contributed by atoms with van der Waals surface area (Å²) in [6, 6.07) is 10.4. The summed E-state index contributed by atoms with van der Waals surface area (Å²) in [5.41, 5.74) is 2.33. The molecule has 1 unspecified atom stereocenters. The molecule has 0 amide bonds. The van der Waals surface area contributed by atoms with Crippen LogP contribution in [-0.4, -0.2) is 16.5 Å². The van der Waals surface area contributed by atoms with Crippen molar-refractivity contribution in [3.8, 4) is 0 Å². The van der Waals surface area contributed by atoms with Gasteiger partial charge in [-0.25, -0.2) is 4.98 Å². The number of nitrogens with zero attached hydrogens (tertiary/aromatic N) is 2. The molecule has 2 aromatic heterocycles. The smallest absolute Gasteiger partial charge is 0.0965 e. The molecule has 1 aromatic carbocycles. The molecule has 0 saturated heterocycles. The molecule has 0 aliphatic heterocycles. The van der Waals surface area contributed by atoms with Gasteiger partial charge in [0.15, 0.2) is 0 Å². The summed E-state index contributed by atoms with van der Waals surface area (Å²) < 4.78 is 0. The maximum atomic E-state index is 4.48. The number of fused-ring (bicyclic) bond motifs is 1. The molecule has 0 spiro atoms. The Balaban J connectivity index is 1.66. The Bertz CT molecular complexity index is 674. The molecule has 1 N–H and O–H groups in total. The molecule has 20 heavy (non-hydrogen) atoms. The minimum atomic E-state index is 0.443. The lowest BCUT2D eigenvalue weighted by atomic mass is 10.1. The Morgan fingerprint density at radius 1 is 1.15 bits per heavy atom. The quantitative estimate of drug-likeness (QED) is 0.777. The van der Waals surface area contributed by atoms with Gasteiger partial charge in [0.25, 0.3) is 0 Å². The second kappa shape index (κ2) is 6.11. The first-order chi connectivity index (χ1) is 9.84. The third-order valence-electron chi connectivity index (χ3n) is 3.36. The van der Waals surface area contributed by atoms with E-state index in [9.17, 15) is 0 Å². The van der Waals surface area contributed by atoms with E-state index in [0.29, 0.717) is 5.92 Å². The van der Waals surface area contributed by atoms with Crippen LogP contribution in [0.2, 0.25) is 0 Å². The molecule has 0 aliphatic rings. The van der Waals surface area contributed by atoms with Crippen molar-refractivity contribution in [3.63, 3.8) is 0 Å². The highest BCUT2D eigenvalue weighted by molar-refractivity contribution is 7.09. The summed E-state index contributed by atoms with van der Waals surface area (Å²) in [6.07, 6.45) is 3.72. The summed E-state index contributed by atoms with van der Waals surface area (Å²) in [7, 11) is 0. The molecule has 102 valence electrons. The van der Waals surface area contributed by atoms with Gasteiger partial charge < -0.3 is 5.32 Å². The van der Waals surface area contributed by atoms with Gasteiger partial charge in [0.2, 0.25) is 0 Å². The normalized spacial score (nSPS) is 12.7. The number of hydrogen-bond donors (Lipinski definition) is 1. The molecule has 0 saturated carbocycles. The van der Waals surface area contributed by atoms with Crippen molar-refractivity contribution in [2.45, 2.75) is 19.4 Å². The van der Waals surface area contributed by atoms with Crippen LogP contribution in [0.15, 0.2) is 48.1 Å². The van der Waals surface area contributed by atoms with Crippen LogP contribution in [0, 0.1) is 0 Å². The molecule has 3 rings (SSSR count). The van der Waals surface area contributed by atoms with Gasteiger partial charge in [-0.15, -0.1) is 11.3 Å². The fourth-order valence-electron chi connectivity index (χ4n) is 2.30. The second-order valence-electron chi connectivity index (χ2n) is 4.89. The van der Waals surface area contributed by atoms with Gasteiger partial charge in [-0.2, -0.15) is 0 Å². The van der Waals surface area contributed by atoms with E-state index in [4.69, 9.17) is 0 Å². The maximum Gasteiger partial charge on any atom is 0.0965 e. The highest BCUT2D eigenvalue weighted by Gasteiger charge is 2.08. The van der Waals surface area contributed by atoms with E-state index in [1.807, 2.05) is 23.8 Å². The summed E-state index contributed by atoms with van der Waals surface area (Å²) >= 11 is 1.72. The maximum absolute atomic E-state index is 4.48. The Morgan fingerprint density at radius 2 is 2.05 bits per heavy atom. The number of para-hydroxylation sites is 1. The van der Waals surface area contributed by atoms with Crippen LogP contribution in [0.4, 0.5) is 0 Å². The number of rotatable bonds is 5. The highest BCUT2D eigenvalue weighted by Crippen LogP contribution is 2.18. The zero-order valence-corrected chi connectivity index (χ0v) is 12.2. The molecular weight excluding hydrogens is 266 g/mol. The fourth-order valence-corrected chi connectivity index (χ4v) is 3.00. The monoisotopic (exact) mass is 283 g/mol. The predicted molar refractivity (Wildman–Crippen MR) is 84.0 cm³/mol. The van der Waals surface area contributed by atoms with Crippen molar-refractivity contribution in [2.24, 2.45) is 0 Å². The highest BCUT2D eigenvalue weighted by atomic mass is 32.1. The lowest BCUT2D eigenvalue weighted by Gasteiger charge is -2.11. The zero-order chi connectivity index (χ0) is 13.8. The Kier molecular flexibility index (Phi) is 4.04. The molecule has 1 atom stereocenters. The van der Waals surface area contributed by atoms with Gasteiger partial charge in [0, 0.05) is 42.2 Å². The van der Waals surface area contributed by atoms with Crippen LogP contribution in [-0.2, 0) is 6.54 Å². The average Bonchev–Trinajstić information content (AvgIpc) is 3.02. The third-order valence-corrected chi connectivity index (χ3v) is 4.36. The first-order valence-corrected chi connectivity index (χ1v) is 7.65. The number of thiazole rings is 1. The largest absolute Gasteiger partial charge is 0.312 e. The number of aromatic nitrogens is 2. The molecule has 0 aliphatic carbocycles. The first-order valence-electron chi connectivity index (χ1n) is 6.77. The fraction of sp³-hybridized carbons (Fsp3) is 0.250. The van der Waals surface area contributed by atoms with Gasteiger partial charge in [0.05, 0.1) is 10.5 Å². The second-order valence-corrected chi connectivity index (χ2v) is 5.82. The number of pyridine rings is 1. The standard InChI is InChI=1S/C16H17N3S/c1-12(16-19-8-9-20-16)10-17-11-14-5-2-4-13-6-3-7-18-15(13)14/h2-9,12,17H,10-11H2,1H3. The van der Waals surface area contributed by atoms with Gasteiger partial charge >= 0.3 is 0 Å². The van der Waals surface area contributed by atoms with Crippen LogP contribution in [0.5, 0.6) is 0 Å². The van der Waals surface area contributed by atoms with E-state index in [-0.39, 0.29) is 0 Å². The van der Waals surface area contributed by atoms with Crippen molar-refractivity contribution in [1.82, 2.24) is 15.3 Å². The third kappa shape index (κ3) is 2.86. The van der Waals surface area contributed by atoms with Crippen LogP contribution >= 0.6 is 11.3 Å². The van der Waals surface area contributed by atoms with Crippen LogP contribution in [0.3, 0.4) is 0 Å². The molecular formula is C16H17N3S. The van der Waals surface area contributed by atoms with Crippen LogP contribution < -0.4 is 5.32 Å². The summed E-state index contributed by atoms with van der Waals surface area (Å²) in [5, 5.41) is 7.92. The van der Waals surface area contributed by atoms with Crippen LogP contribution in [0.1, 0.15) is 23.4 Å². The lowest BCUT2D eigenvalue weighted by Crippen LogP contribution is -2.19. The van der Waals surface area contributed by atoms with E-state index in [1.54, 1.807) is 11.3 Å². The van der Waals surface area contributed by atoms with Crippen molar-refractivity contribution >= 4 is 22.2 Å². The summed E-state index contributed by atoms with van der Waals surface area (Å²) in [5.74, 6) is 0.443. The molecule has 0 radical (unpaired) electrons. The van der Waals surface area contributed by atoms with Gasteiger partial charge in [0.1, 0.15) is 0 Å². The average molecular weight is 283 g/mol. The topological polar surface area (TPSA) is 37.8 Å². The van der Waals surface area contributed by atoms with Gasteiger partial charge in [-0.1, -0.05) is 31.2 Å². The van der Waals surface area contributed by atoms with Gasteiger partial charge in [-0.05, 0) is 11.6 Å². The Morgan fingerprint density at radius 3 is 2.90 bits per heavy atom. The summed E-state index contributed by atoms with van der Waals surface area (Å²) in [6.45, 7) is 3.97. The SMILES string of the molecule is CC(CNCc1cccc2cccnc12)c1nccs1. The van der Waals surface area contributed by atoms with Crippen molar-refractivity contribution < 1.29 is 0 Å². The van der Waals surface area contributed by atoms with Gasteiger partial charge in [-0.3, -0.25) is 4.98 Å². The molecule has 2 heterocycles. The number of benzene rings is 1. The van der Waals surface area contributed by atoms with E-state index >= 15 is 0 Å². The Hall–Kier alpha value is -1.78. The molecule has 3 nitrogen and oxygen atoms in total. The molecule has 0 bridgehead atoms. The van der Waals surface area contributed by atoms with E-state index in [1.165, 1.54) is 16.0 Å². The number of nitrogens with one attached hydrogen (secondary N) is 1. The van der Waals surface area contributed by atoms with Crippen molar-refractivity contribution in [1.29, 1.82) is 0 Å². The van der Waals surface area contributed by atoms with Crippen molar-refractivity contribution in [2.75, 3.05) is 6.54 Å². The molecule has 4 heteroatoms. The first kappa shape index (κ1) is 13.2. The van der Waals surface area contributed by atoms with E-state index in [2.05, 4.69) is 46.5 Å².